The minimum Gasteiger partial charge on any atom is -0.495 e. The fourth-order valence-corrected chi connectivity index (χ4v) is 2.82. The van der Waals surface area contributed by atoms with Crippen molar-refractivity contribution in [1.82, 2.24) is 10.3 Å². The van der Waals surface area contributed by atoms with Crippen LogP contribution in [-0.2, 0) is 0 Å². The van der Waals surface area contributed by atoms with Gasteiger partial charge in [-0.3, -0.25) is 4.98 Å². The quantitative estimate of drug-likeness (QED) is 0.834. The van der Waals surface area contributed by atoms with Gasteiger partial charge in [0.2, 0.25) is 0 Å². The molecule has 17 heavy (non-hydrogen) atoms. The van der Waals surface area contributed by atoms with Crippen LogP contribution >= 0.6 is 0 Å². The van der Waals surface area contributed by atoms with Crippen molar-refractivity contribution in [3.05, 3.63) is 24.0 Å². The highest BCUT2D eigenvalue weighted by Gasteiger charge is 2.56. The second-order valence-corrected chi connectivity index (χ2v) is 4.91. The average molecular weight is 229 g/mol. The summed E-state index contributed by atoms with van der Waals surface area (Å²) in [6, 6.07) is 4.46. The van der Waals surface area contributed by atoms with Crippen LogP contribution in [0.25, 0.3) is 0 Å². The smallest absolute Gasteiger partial charge is 0.137 e. The summed E-state index contributed by atoms with van der Waals surface area (Å²) in [5.74, 6) is 1.07. The highest BCUT2D eigenvalue weighted by Crippen LogP contribution is 2.51. The Hall–Kier alpha value is -1.60. The molecule has 2 atom stereocenters. The SMILES string of the molecule is COc1cncc(C2CNC3(CC3)[C@@H]2C#N)c1. The predicted molar refractivity (Wildman–Crippen MR) is 62.6 cm³/mol. The number of ether oxygens (including phenoxy) is 1. The van der Waals surface area contributed by atoms with Gasteiger partial charge in [0, 0.05) is 24.2 Å². The first-order valence-corrected chi connectivity index (χ1v) is 5.93. The fraction of sp³-hybridized carbons (Fsp3) is 0.538. The summed E-state index contributed by atoms with van der Waals surface area (Å²) in [4.78, 5) is 4.17. The summed E-state index contributed by atoms with van der Waals surface area (Å²) in [5, 5.41) is 12.9. The molecular weight excluding hydrogens is 214 g/mol. The van der Waals surface area contributed by atoms with Crippen molar-refractivity contribution in [1.29, 1.82) is 5.26 Å². The van der Waals surface area contributed by atoms with Gasteiger partial charge in [-0.25, -0.2) is 0 Å². The van der Waals surface area contributed by atoms with E-state index in [2.05, 4.69) is 16.4 Å². The highest BCUT2D eigenvalue weighted by molar-refractivity contribution is 5.33. The Kier molecular flexibility index (Phi) is 2.30. The molecule has 4 heteroatoms. The van der Waals surface area contributed by atoms with Gasteiger partial charge < -0.3 is 10.1 Å². The van der Waals surface area contributed by atoms with Crippen LogP contribution in [-0.4, -0.2) is 24.2 Å². The molecule has 1 aliphatic carbocycles. The molecule has 1 aromatic heterocycles. The number of nitrogens with one attached hydrogen (secondary N) is 1. The highest BCUT2D eigenvalue weighted by atomic mass is 16.5. The maximum Gasteiger partial charge on any atom is 0.137 e. The first kappa shape index (κ1) is 10.5. The van der Waals surface area contributed by atoms with Crippen LogP contribution in [0.15, 0.2) is 18.5 Å². The Labute approximate surface area is 101 Å². The van der Waals surface area contributed by atoms with Crippen LogP contribution < -0.4 is 10.1 Å². The molecule has 2 fully saturated rings. The average Bonchev–Trinajstić information content (AvgIpc) is 3.04. The van der Waals surface area contributed by atoms with Crippen molar-refractivity contribution in [2.45, 2.75) is 24.3 Å². The van der Waals surface area contributed by atoms with Crippen molar-refractivity contribution in [3.63, 3.8) is 0 Å². The Bertz CT molecular complexity index is 476. The lowest BCUT2D eigenvalue weighted by Crippen LogP contribution is -2.28. The molecule has 1 aliphatic heterocycles. The molecule has 0 bridgehead atoms. The van der Waals surface area contributed by atoms with E-state index in [1.54, 1.807) is 13.3 Å². The summed E-state index contributed by atoms with van der Waals surface area (Å²) in [6.07, 6.45) is 5.79. The first-order valence-electron chi connectivity index (χ1n) is 5.93. The summed E-state index contributed by atoms with van der Waals surface area (Å²) in [6.45, 7) is 0.868. The molecular formula is C13H15N3O. The molecule has 3 rings (SSSR count). The van der Waals surface area contributed by atoms with Crippen LogP contribution in [0.4, 0.5) is 0 Å². The Morgan fingerprint density at radius 2 is 2.35 bits per heavy atom. The van der Waals surface area contributed by atoms with Gasteiger partial charge in [0.25, 0.3) is 0 Å². The van der Waals surface area contributed by atoms with Crippen molar-refractivity contribution in [3.8, 4) is 11.8 Å². The molecule has 1 saturated carbocycles. The Morgan fingerprint density at radius 3 is 3.00 bits per heavy atom. The number of aromatic nitrogens is 1. The van der Waals surface area contributed by atoms with Gasteiger partial charge in [-0.1, -0.05) is 0 Å². The second-order valence-electron chi connectivity index (χ2n) is 4.91. The van der Waals surface area contributed by atoms with Gasteiger partial charge in [-0.05, 0) is 24.5 Å². The summed E-state index contributed by atoms with van der Waals surface area (Å²) in [5.41, 5.74) is 1.20. The van der Waals surface area contributed by atoms with E-state index in [-0.39, 0.29) is 17.4 Å². The van der Waals surface area contributed by atoms with Gasteiger partial charge in [0.05, 0.1) is 25.3 Å². The van der Waals surface area contributed by atoms with Crippen molar-refractivity contribution < 1.29 is 4.74 Å². The third-order valence-electron chi connectivity index (χ3n) is 4.00. The van der Waals surface area contributed by atoms with Crippen molar-refractivity contribution in [2.75, 3.05) is 13.7 Å². The van der Waals surface area contributed by atoms with Crippen LogP contribution in [0.3, 0.4) is 0 Å². The monoisotopic (exact) mass is 229 g/mol. The molecule has 0 amide bonds. The number of nitrogens with zero attached hydrogens (tertiary/aromatic N) is 2. The third-order valence-corrected chi connectivity index (χ3v) is 4.00. The standard InChI is InChI=1S/C13H15N3O/c1-17-10-4-9(6-15-7-10)11-8-16-13(2-3-13)12(11)5-14/h4,6-7,11-12,16H,2-3,8H2,1H3/t11?,12-/m1/s1. The second kappa shape index (κ2) is 3.71. The Balaban J connectivity index is 1.91. The van der Waals surface area contributed by atoms with E-state index in [4.69, 9.17) is 4.74 Å². The van der Waals surface area contributed by atoms with Gasteiger partial charge in [-0.2, -0.15) is 5.26 Å². The minimum atomic E-state index is 0.0661. The molecule has 1 saturated heterocycles. The third kappa shape index (κ3) is 1.58. The summed E-state index contributed by atoms with van der Waals surface area (Å²) < 4.78 is 5.19. The van der Waals surface area contributed by atoms with Crippen molar-refractivity contribution >= 4 is 0 Å². The maximum absolute atomic E-state index is 9.36. The maximum atomic E-state index is 9.36. The molecule has 0 aromatic carbocycles. The molecule has 1 aromatic rings. The van der Waals surface area contributed by atoms with E-state index >= 15 is 0 Å². The zero-order chi connectivity index (χ0) is 11.9. The van der Waals surface area contributed by atoms with E-state index in [0.29, 0.717) is 0 Å². The van der Waals surface area contributed by atoms with Crippen LogP contribution in [0.2, 0.25) is 0 Å². The normalized spacial score (nSPS) is 28.9. The summed E-state index contributed by atoms with van der Waals surface area (Å²) in [7, 11) is 1.64. The number of hydrogen-bond donors (Lipinski definition) is 1. The topological polar surface area (TPSA) is 57.9 Å². The summed E-state index contributed by atoms with van der Waals surface area (Å²) >= 11 is 0. The zero-order valence-corrected chi connectivity index (χ0v) is 9.81. The van der Waals surface area contributed by atoms with E-state index in [1.807, 2.05) is 12.3 Å². The Morgan fingerprint density at radius 1 is 1.53 bits per heavy atom. The first-order chi connectivity index (χ1) is 8.29. The molecule has 1 unspecified atom stereocenters. The lowest BCUT2D eigenvalue weighted by molar-refractivity contribution is 0.411. The largest absolute Gasteiger partial charge is 0.495 e. The molecule has 2 aliphatic rings. The number of rotatable bonds is 2. The molecule has 1 N–H and O–H groups in total. The fourth-order valence-electron chi connectivity index (χ4n) is 2.82. The van der Waals surface area contributed by atoms with E-state index in [0.717, 1.165) is 30.7 Å². The minimum absolute atomic E-state index is 0.0661. The molecule has 2 heterocycles. The molecule has 0 radical (unpaired) electrons. The van der Waals surface area contributed by atoms with Gasteiger partial charge in [0.1, 0.15) is 5.75 Å². The zero-order valence-electron chi connectivity index (χ0n) is 9.81. The molecule has 4 nitrogen and oxygen atoms in total. The molecule has 1 spiro atoms. The lowest BCUT2D eigenvalue weighted by Gasteiger charge is -2.16. The van der Waals surface area contributed by atoms with Gasteiger partial charge >= 0.3 is 0 Å². The number of pyridine rings is 1. The molecule has 88 valence electrons. The van der Waals surface area contributed by atoms with Gasteiger partial charge in [-0.15, -0.1) is 0 Å². The van der Waals surface area contributed by atoms with Crippen LogP contribution in [0, 0.1) is 17.2 Å². The lowest BCUT2D eigenvalue weighted by atomic mass is 9.85. The van der Waals surface area contributed by atoms with E-state index in [9.17, 15) is 5.26 Å². The van der Waals surface area contributed by atoms with Crippen LogP contribution in [0.1, 0.15) is 24.3 Å². The van der Waals surface area contributed by atoms with Crippen molar-refractivity contribution in [2.24, 2.45) is 5.92 Å². The predicted octanol–water partition coefficient (Wildman–Crippen LogP) is 1.45. The number of nitriles is 1. The van der Waals surface area contributed by atoms with Crippen LogP contribution in [0.5, 0.6) is 5.75 Å². The van der Waals surface area contributed by atoms with E-state index in [1.165, 1.54) is 0 Å². The number of hydrogen-bond acceptors (Lipinski definition) is 4. The number of methoxy groups -OCH3 is 1. The van der Waals surface area contributed by atoms with E-state index < -0.39 is 0 Å². The van der Waals surface area contributed by atoms with Gasteiger partial charge in [0.15, 0.2) is 0 Å².